The molecule has 1 aliphatic carbocycles. The molecule has 1 saturated heterocycles. The first kappa shape index (κ1) is 22.7. The molecule has 2 atom stereocenters. The zero-order valence-corrected chi connectivity index (χ0v) is 19.6. The van der Waals surface area contributed by atoms with Gasteiger partial charge in [0, 0.05) is 36.2 Å². The number of likely N-dealkylation sites (tertiary alicyclic amines) is 1. The van der Waals surface area contributed by atoms with Gasteiger partial charge in [-0.3, -0.25) is 9.59 Å². The van der Waals surface area contributed by atoms with Crippen molar-refractivity contribution in [2.75, 3.05) is 13.1 Å². The first-order chi connectivity index (χ1) is 17.1. The molecule has 2 amide bonds. The third kappa shape index (κ3) is 4.78. The van der Waals surface area contributed by atoms with Gasteiger partial charge in [0.15, 0.2) is 0 Å². The SMILES string of the molecule is C=CC(=O)N1CCCC(c2ccc(-c3ccc(C(=O)NC4C=CC=CC4)cc3)c3cncnc23)C1. The molecular formula is C29H28N4O2. The zero-order valence-electron chi connectivity index (χ0n) is 19.6. The van der Waals surface area contributed by atoms with E-state index in [9.17, 15) is 9.59 Å². The van der Waals surface area contributed by atoms with Crippen molar-refractivity contribution >= 4 is 22.7 Å². The monoisotopic (exact) mass is 464 g/mol. The third-order valence-electron chi connectivity index (χ3n) is 6.81. The number of benzene rings is 2. The van der Waals surface area contributed by atoms with Gasteiger partial charge in [0.25, 0.3) is 5.91 Å². The summed E-state index contributed by atoms with van der Waals surface area (Å²) < 4.78 is 0. The Kier molecular flexibility index (Phi) is 6.53. The molecule has 1 aromatic heterocycles. The number of amides is 2. The molecule has 1 aliphatic heterocycles. The van der Waals surface area contributed by atoms with Crippen molar-refractivity contribution in [1.82, 2.24) is 20.2 Å². The summed E-state index contributed by atoms with van der Waals surface area (Å²) in [5.41, 5.74) is 4.70. The maximum atomic E-state index is 12.7. The van der Waals surface area contributed by atoms with E-state index < -0.39 is 0 Å². The van der Waals surface area contributed by atoms with E-state index in [0.29, 0.717) is 12.1 Å². The molecule has 5 rings (SSSR count). The van der Waals surface area contributed by atoms with E-state index in [1.165, 1.54) is 6.08 Å². The summed E-state index contributed by atoms with van der Waals surface area (Å²) >= 11 is 0. The summed E-state index contributed by atoms with van der Waals surface area (Å²) in [6.07, 6.45) is 15.6. The largest absolute Gasteiger partial charge is 0.346 e. The summed E-state index contributed by atoms with van der Waals surface area (Å²) in [7, 11) is 0. The Hall–Kier alpha value is -4.06. The van der Waals surface area contributed by atoms with Crippen molar-refractivity contribution in [2.24, 2.45) is 0 Å². The lowest BCUT2D eigenvalue weighted by atomic mass is 9.87. The molecule has 2 heterocycles. The zero-order chi connectivity index (χ0) is 24.2. The number of hydrogen-bond acceptors (Lipinski definition) is 4. The van der Waals surface area contributed by atoms with Crippen molar-refractivity contribution in [3.05, 3.63) is 97.0 Å². The predicted octanol–water partition coefficient (Wildman–Crippen LogP) is 4.80. The van der Waals surface area contributed by atoms with Crippen molar-refractivity contribution in [2.45, 2.75) is 31.2 Å². The number of piperidine rings is 1. The third-order valence-corrected chi connectivity index (χ3v) is 6.81. The van der Waals surface area contributed by atoms with Gasteiger partial charge in [0.2, 0.25) is 5.91 Å². The van der Waals surface area contributed by atoms with Crippen LogP contribution in [0.25, 0.3) is 22.0 Å². The first-order valence-corrected chi connectivity index (χ1v) is 12.0. The van der Waals surface area contributed by atoms with Crippen LogP contribution in [-0.2, 0) is 4.79 Å². The van der Waals surface area contributed by atoms with Crippen molar-refractivity contribution in [3.8, 4) is 11.1 Å². The average Bonchev–Trinajstić information content (AvgIpc) is 2.92. The summed E-state index contributed by atoms with van der Waals surface area (Å²) in [6, 6.07) is 11.9. The first-order valence-electron chi connectivity index (χ1n) is 12.0. The maximum Gasteiger partial charge on any atom is 0.251 e. The van der Waals surface area contributed by atoms with E-state index in [2.05, 4.69) is 34.0 Å². The fourth-order valence-electron chi connectivity index (χ4n) is 4.98. The summed E-state index contributed by atoms with van der Waals surface area (Å²) in [5, 5.41) is 4.02. The van der Waals surface area contributed by atoms with Gasteiger partial charge in [-0.1, -0.05) is 55.1 Å². The van der Waals surface area contributed by atoms with Crippen LogP contribution in [0.1, 0.15) is 41.1 Å². The van der Waals surface area contributed by atoms with Gasteiger partial charge in [-0.25, -0.2) is 9.97 Å². The van der Waals surface area contributed by atoms with Crippen LogP contribution in [0.5, 0.6) is 0 Å². The molecule has 2 aliphatic rings. The molecule has 0 bridgehead atoms. The summed E-state index contributed by atoms with van der Waals surface area (Å²) in [5.74, 6) is 0.111. The highest BCUT2D eigenvalue weighted by molar-refractivity contribution is 5.98. The van der Waals surface area contributed by atoms with Crippen molar-refractivity contribution in [3.63, 3.8) is 0 Å². The standard InChI is InChI=1S/C29H28N4O2/c1-2-27(34)33-16-6-7-22(18-33)25-15-14-24(26-17-30-19-31-28(25)26)20-10-12-21(13-11-20)29(35)32-23-8-4-3-5-9-23/h2-5,8,10-15,17,19,22-23H,1,6-7,9,16,18H2,(H,32,35). The molecule has 176 valence electrons. The van der Waals surface area contributed by atoms with E-state index in [0.717, 1.165) is 53.4 Å². The molecule has 2 unspecified atom stereocenters. The molecule has 6 heteroatoms. The highest BCUT2D eigenvalue weighted by Crippen LogP contribution is 2.35. The van der Waals surface area contributed by atoms with Gasteiger partial charge in [0.05, 0.1) is 11.6 Å². The Balaban J connectivity index is 1.41. The van der Waals surface area contributed by atoms with E-state index in [4.69, 9.17) is 0 Å². The Labute approximate surface area is 205 Å². The molecule has 2 aromatic carbocycles. The van der Waals surface area contributed by atoms with Gasteiger partial charge >= 0.3 is 0 Å². The molecular weight excluding hydrogens is 436 g/mol. The van der Waals surface area contributed by atoms with Crippen LogP contribution < -0.4 is 5.32 Å². The van der Waals surface area contributed by atoms with Gasteiger partial charge in [-0.2, -0.15) is 0 Å². The Bertz CT molecular complexity index is 1330. The van der Waals surface area contributed by atoms with Gasteiger partial charge in [-0.05, 0) is 54.2 Å². The van der Waals surface area contributed by atoms with E-state index >= 15 is 0 Å². The molecule has 0 radical (unpaired) electrons. The number of fused-ring (bicyclic) bond motifs is 1. The number of hydrogen-bond donors (Lipinski definition) is 1. The number of aromatic nitrogens is 2. The molecule has 3 aromatic rings. The van der Waals surface area contributed by atoms with E-state index in [1.807, 2.05) is 59.7 Å². The summed E-state index contributed by atoms with van der Waals surface area (Å²) in [6.45, 7) is 5.06. The van der Waals surface area contributed by atoms with Crippen LogP contribution in [0.15, 0.2) is 85.9 Å². The number of allylic oxidation sites excluding steroid dienone is 2. The Morgan fingerprint density at radius 2 is 1.97 bits per heavy atom. The number of nitrogens with one attached hydrogen (secondary N) is 1. The van der Waals surface area contributed by atoms with Crippen molar-refractivity contribution in [1.29, 1.82) is 0 Å². The number of carbonyl (C=O) groups excluding carboxylic acids is 2. The molecule has 0 saturated carbocycles. The van der Waals surface area contributed by atoms with Crippen LogP contribution in [0.3, 0.4) is 0 Å². The fraction of sp³-hybridized carbons (Fsp3) is 0.241. The lowest BCUT2D eigenvalue weighted by Crippen LogP contribution is -2.38. The Morgan fingerprint density at radius 3 is 2.74 bits per heavy atom. The molecule has 0 spiro atoms. The lowest BCUT2D eigenvalue weighted by molar-refractivity contribution is -0.127. The second-order valence-corrected chi connectivity index (χ2v) is 9.02. The molecule has 6 nitrogen and oxygen atoms in total. The second kappa shape index (κ2) is 10.1. The quantitative estimate of drug-likeness (QED) is 0.550. The number of carbonyl (C=O) groups is 2. The van der Waals surface area contributed by atoms with Gasteiger partial charge < -0.3 is 10.2 Å². The van der Waals surface area contributed by atoms with Crippen LogP contribution in [0.4, 0.5) is 0 Å². The fourth-order valence-corrected chi connectivity index (χ4v) is 4.98. The lowest BCUT2D eigenvalue weighted by Gasteiger charge is -2.32. The van der Waals surface area contributed by atoms with Crippen LogP contribution in [-0.4, -0.2) is 45.8 Å². The number of nitrogens with zero attached hydrogens (tertiary/aromatic N) is 3. The van der Waals surface area contributed by atoms with Gasteiger partial charge in [0.1, 0.15) is 6.33 Å². The van der Waals surface area contributed by atoms with E-state index in [-0.39, 0.29) is 23.8 Å². The predicted molar refractivity (Wildman–Crippen MR) is 138 cm³/mol. The topological polar surface area (TPSA) is 75.2 Å². The van der Waals surface area contributed by atoms with Crippen LogP contribution in [0, 0.1) is 0 Å². The normalized spacial score (nSPS) is 19.5. The molecule has 1 N–H and O–H groups in total. The van der Waals surface area contributed by atoms with Crippen LogP contribution >= 0.6 is 0 Å². The van der Waals surface area contributed by atoms with E-state index in [1.54, 1.807) is 6.33 Å². The minimum absolute atomic E-state index is 0.0228. The minimum Gasteiger partial charge on any atom is -0.346 e. The van der Waals surface area contributed by atoms with Crippen LogP contribution in [0.2, 0.25) is 0 Å². The highest BCUT2D eigenvalue weighted by Gasteiger charge is 2.26. The Morgan fingerprint density at radius 1 is 1.11 bits per heavy atom. The molecule has 1 fully saturated rings. The smallest absolute Gasteiger partial charge is 0.251 e. The summed E-state index contributed by atoms with van der Waals surface area (Å²) in [4.78, 5) is 35.6. The minimum atomic E-state index is -0.0824. The second-order valence-electron chi connectivity index (χ2n) is 9.02. The van der Waals surface area contributed by atoms with Crippen molar-refractivity contribution < 1.29 is 9.59 Å². The molecule has 35 heavy (non-hydrogen) atoms. The average molecular weight is 465 g/mol. The van der Waals surface area contributed by atoms with Gasteiger partial charge in [-0.15, -0.1) is 0 Å². The number of rotatable bonds is 5. The maximum absolute atomic E-state index is 12.7. The highest BCUT2D eigenvalue weighted by atomic mass is 16.2.